The topological polar surface area (TPSA) is 15.3 Å². The molecule has 1 aromatic rings. The van der Waals surface area contributed by atoms with Gasteiger partial charge in [-0.1, -0.05) is 37.1 Å². The molecule has 1 aliphatic rings. The zero-order valence-electron chi connectivity index (χ0n) is 13.4. The highest BCUT2D eigenvalue weighted by Crippen LogP contribution is 2.22. The normalized spacial score (nSPS) is 21.4. The third-order valence-corrected chi connectivity index (χ3v) is 4.81. The van der Waals surface area contributed by atoms with Gasteiger partial charge in [-0.2, -0.15) is 0 Å². The SMILES string of the molecule is CCCNC(CCN1CCCCC1C)c1ccc(Cl)cc1. The standard InChI is InChI=1S/C18H29ClN2/c1-3-12-20-18(16-7-9-17(19)10-8-16)11-14-21-13-5-4-6-15(21)2/h7-10,15,18,20H,3-6,11-14H2,1-2H3. The van der Waals surface area contributed by atoms with Gasteiger partial charge < -0.3 is 10.2 Å². The van der Waals surface area contributed by atoms with Crippen molar-refractivity contribution in [3.05, 3.63) is 34.9 Å². The zero-order valence-corrected chi connectivity index (χ0v) is 14.2. The number of likely N-dealkylation sites (tertiary alicyclic amines) is 1. The molecule has 0 spiro atoms. The third-order valence-electron chi connectivity index (χ3n) is 4.56. The number of rotatable bonds is 7. The second-order valence-corrected chi connectivity index (χ2v) is 6.66. The van der Waals surface area contributed by atoms with Gasteiger partial charge in [0.15, 0.2) is 0 Å². The van der Waals surface area contributed by atoms with Crippen molar-refractivity contribution in [3.8, 4) is 0 Å². The average Bonchev–Trinajstić information content (AvgIpc) is 2.50. The number of halogens is 1. The summed E-state index contributed by atoms with van der Waals surface area (Å²) in [6, 6.07) is 9.51. The number of piperidine rings is 1. The molecule has 1 N–H and O–H groups in total. The minimum absolute atomic E-state index is 0.441. The first kappa shape index (κ1) is 16.8. The van der Waals surface area contributed by atoms with E-state index in [1.54, 1.807) is 0 Å². The molecule has 0 amide bonds. The fourth-order valence-electron chi connectivity index (χ4n) is 3.18. The van der Waals surface area contributed by atoms with Crippen molar-refractivity contribution in [1.82, 2.24) is 10.2 Å². The summed E-state index contributed by atoms with van der Waals surface area (Å²) in [5.41, 5.74) is 1.36. The molecule has 2 nitrogen and oxygen atoms in total. The average molecular weight is 309 g/mol. The van der Waals surface area contributed by atoms with Gasteiger partial charge in [0.05, 0.1) is 0 Å². The van der Waals surface area contributed by atoms with Gasteiger partial charge in [0.1, 0.15) is 0 Å². The summed E-state index contributed by atoms with van der Waals surface area (Å²) in [6.45, 7) is 8.12. The van der Waals surface area contributed by atoms with Crippen LogP contribution in [-0.4, -0.2) is 30.6 Å². The Hall–Kier alpha value is -0.570. The monoisotopic (exact) mass is 308 g/mol. The molecule has 118 valence electrons. The van der Waals surface area contributed by atoms with Crippen LogP contribution in [0, 0.1) is 0 Å². The van der Waals surface area contributed by atoms with Gasteiger partial charge in [-0.3, -0.25) is 0 Å². The summed E-state index contributed by atoms with van der Waals surface area (Å²) in [5.74, 6) is 0. The van der Waals surface area contributed by atoms with Gasteiger partial charge in [0, 0.05) is 23.7 Å². The highest BCUT2D eigenvalue weighted by atomic mass is 35.5. The molecule has 0 aliphatic carbocycles. The van der Waals surface area contributed by atoms with Crippen molar-refractivity contribution in [3.63, 3.8) is 0 Å². The summed E-state index contributed by atoms with van der Waals surface area (Å²) in [5, 5.41) is 4.51. The highest BCUT2D eigenvalue weighted by molar-refractivity contribution is 6.30. The summed E-state index contributed by atoms with van der Waals surface area (Å²) in [4.78, 5) is 2.65. The molecule has 0 aromatic heterocycles. The molecule has 2 unspecified atom stereocenters. The van der Waals surface area contributed by atoms with Crippen molar-refractivity contribution in [2.45, 2.75) is 58.0 Å². The van der Waals surface area contributed by atoms with E-state index in [2.05, 4.69) is 36.2 Å². The molecular weight excluding hydrogens is 280 g/mol. The van der Waals surface area contributed by atoms with Gasteiger partial charge in [0.25, 0.3) is 0 Å². The molecule has 0 bridgehead atoms. The van der Waals surface area contributed by atoms with Crippen LogP contribution in [-0.2, 0) is 0 Å². The maximum absolute atomic E-state index is 6.01. The molecule has 2 atom stereocenters. The van der Waals surface area contributed by atoms with E-state index < -0.39 is 0 Å². The third kappa shape index (κ3) is 5.28. The van der Waals surface area contributed by atoms with E-state index in [1.165, 1.54) is 50.8 Å². The van der Waals surface area contributed by atoms with Crippen molar-refractivity contribution < 1.29 is 0 Å². The van der Waals surface area contributed by atoms with Crippen LogP contribution in [0.25, 0.3) is 0 Å². The largest absolute Gasteiger partial charge is 0.310 e. The van der Waals surface area contributed by atoms with Crippen LogP contribution in [0.15, 0.2) is 24.3 Å². The lowest BCUT2D eigenvalue weighted by molar-refractivity contribution is 0.153. The zero-order chi connectivity index (χ0) is 15.1. The lowest BCUT2D eigenvalue weighted by atomic mass is 10.00. The number of hydrogen-bond acceptors (Lipinski definition) is 2. The van der Waals surface area contributed by atoms with E-state index in [-0.39, 0.29) is 0 Å². The minimum atomic E-state index is 0.441. The number of nitrogens with one attached hydrogen (secondary N) is 1. The van der Waals surface area contributed by atoms with E-state index in [0.29, 0.717) is 6.04 Å². The van der Waals surface area contributed by atoms with Crippen LogP contribution < -0.4 is 5.32 Å². The molecule has 0 radical (unpaired) electrons. The van der Waals surface area contributed by atoms with E-state index in [0.717, 1.165) is 17.6 Å². The molecule has 2 rings (SSSR count). The first-order valence-electron chi connectivity index (χ1n) is 8.43. The van der Waals surface area contributed by atoms with E-state index in [9.17, 15) is 0 Å². The predicted molar refractivity (Wildman–Crippen MR) is 92.0 cm³/mol. The molecule has 1 saturated heterocycles. The van der Waals surface area contributed by atoms with Crippen LogP contribution in [0.4, 0.5) is 0 Å². The van der Waals surface area contributed by atoms with Crippen LogP contribution in [0.1, 0.15) is 57.6 Å². The van der Waals surface area contributed by atoms with Crippen LogP contribution in [0.2, 0.25) is 5.02 Å². The summed E-state index contributed by atoms with van der Waals surface area (Å²) < 4.78 is 0. The summed E-state index contributed by atoms with van der Waals surface area (Å²) in [6.07, 6.45) is 6.45. The lowest BCUT2D eigenvalue weighted by Crippen LogP contribution is -2.39. The van der Waals surface area contributed by atoms with Gasteiger partial charge >= 0.3 is 0 Å². The molecule has 3 heteroatoms. The van der Waals surface area contributed by atoms with Crippen molar-refractivity contribution in [2.24, 2.45) is 0 Å². The summed E-state index contributed by atoms with van der Waals surface area (Å²) >= 11 is 6.01. The van der Waals surface area contributed by atoms with E-state index >= 15 is 0 Å². The Balaban J connectivity index is 1.94. The summed E-state index contributed by atoms with van der Waals surface area (Å²) in [7, 11) is 0. The van der Waals surface area contributed by atoms with Crippen LogP contribution in [0.5, 0.6) is 0 Å². The van der Waals surface area contributed by atoms with E-state index in [4.69, 9.17) is 11.6 Å². The molecule has 1 heterocycles. The maximum Gasteiger partial charge on any atom is 0.0406 e. The molecule has 1 aromatic carbocycles. The van der Waals surface area contributed by atoms with Crippen LogP contribution in [0.3, 0.4) is 0 Å². The molecule has 0 saturated carbocycles. The number of hydrogen-bond donors (Lipinski definition) is 1. The predicted octanol–water partition coefficient (Wildman–Crippen LogP) is 4.65. The Kier molecular flexibility index (Phi) is 7.01. The molecule has 1 fully saturated rings. The molecule has 21 heavy (non-hydrogen) atoms. The first-order chi connectivity index (χ1) is 10.2. The smallest absolute Gasteiger partial charge is 0.0406 e. The quantitative estimate of drug-likeness (QED) is 0.789. The van der Waals surface area contributed by atoms with Crippen molar-refractivity contribution in [2.75, 3.05) is 19.6 Å². The fraction of sp³-hybridized carbons (Fsp3) is 0.667. The minimum Gasteiger partial charge on any atom is -0.310 e. The fourth-order valence-corrected chi connectivity index (χ4v) is 3.31. The van der Waals surface area contributed by atoms with Crippen LogP contribution >= 0.6 is 11.6 Å². The van der Waals surface area contributed by atoms with Crippen molar-refractivity contribution >= 4 is 11.6 Å². The molecular formula is C18H29ClN2. The van der Waals surface area contributed by atoms with Gasteiger partial charge in [-0.25, -0.2) is 0 Å². The Morgan fingerprint density at radius 2 is 2.05 bits per heavy atom. The second-order valence-electron chi connectivity index (χ2n) is 6.23. The first-order valence-corrected chi connectivity index (χ1v) is 8.81. The lowest BCUT2D eigenvalue weighted by Gasteiger charge is -2.34. The Labute approximate surface area is 134 Å². The highest BCUT2D eigenvalue weighted by Gasteiger charge is 2.19. The Bertz CT molecular complexity index is 404. The molecule has 1 aliphatic heterocycles. The second kappa shape index (κ2) is 8.77. The number of benzene rings is 1. The van der Waals surface area contributed by atoms with Gasteiger partial charge in [0.2, 0.25) is 0 Å². The number of nitrogens with zero attached hydrogens (tertiary/aromatic N) is 1. The van der Waals surface area contributed by atoms with Gasteiger partial charge in [-0.15, -0.1) is 0 Å². The van der Waals surface area contributed by atoms with Gasteiger partial charge in [-0.05, 0) is 63.4 Å². The maximum atomic E-state index is 6.01. The van der Waals surface area contributed by atoms with Crippen molar-refractivity contribution in [1.29, 1.82) is 0 Å². The Morgan fingerprint density at radius 1 is 1.29 bits per heavy atom. The Morgan fingerprint density at radius 3 is 2.71 bits per heavy atom. The van der Waals surface area contributed by atoms with E-state index in [1.807, 2.05) is 12.1 Å².